The van der Waals surface area contributed by atoms with Gasteiger partial charge in [0, 0.05) is 54.6 Å². The molecule has 0 nitrogen and oxygen atoms in total. The normalized spacial score (nSPS) is 0. The van der Waals surface area contributed by atoms with Gasteiger partial charge in [-0.2, -0.15) is 13.5 Å². The molecular weight excluding hydrogens is 336 g/mol. The first-order valence-corrected chi connectivity index (χ1v) is 0. The van der Waals surface area contributed by atoms with Gasteiger partial charge in [-0.25, -0.2) is 0 Å². The fourth-order valence-corrected chi connectivity index (χ4v) is 0. The van der Waals surface area contributed by atoms with Crippen LogP contribution in [0.15, 0.2) is 0 Å². The molecule has 0 aromatic carbocycles. The molecule has 0 fully saturated rings. The third kappa shape index (κ3) is 8.83. The second kappa shape index (κ2) is 17.2. The predicted molar refractivity (Wildman–Crippen MR) is 18.9 cm³/mol. The summed E-state index contributed by atoms with van der Waals surface area (Å²) >= 11 is 0. The monoisotopic (exact) mass is 344 g/mol. The zero-order valence-electron chi connectivity index (χ0n) is 2.41. The molecule has 0 aromatic heterocycles. The quantitative estimate of drug-likeness (QED) is 0.507. The molecule has 0 atom stereocenters. The summed E-state index contributed by atoms with van der Waals surface area (Å²) in [7, 11) is 0. The van der Waals surface area contributed by atoms with E-state index < -0.39 is 0 Å². The van der Waals surface area contributed by atoms with E-state index in [1.165, 1.54) is 0 Å². The van der Waals surface area contributed by atoms with E-state index in [2.05, 4.69) is 0 Å². The van der Waals surface area contributed by atoms with Gasteiger partial charge in [-0.3, -0.25) is 0 Å². The molecule has 0 bridgehead atoms. The fraction of sp³-hybridized carbons (Fsp3) is 0. The molecule has 0 spiro atoms. The van der Waals surface area contributed by atoms with Gasteiger partial charge in [0.1, 0.15) is 0 Å². The third-order valence-electron chi connectivity index (χ3n) is 0. The van der Waals surface area contributed by atoms with E-state index in [-0.39, 0.29) is 85.2 Å². The number of hydrogen-bond donors (Lipinski definition) is 0. The summed E-state index contributed by atoms with van der Waals surface area (Å²) in [6.45, 7) is 0. The van der Waals surface area contributed by atoms with E-state index in [0.717, 1.165) is 0 Å². The Kier molecular flexibility index (Phi) is 128. The van der Waals surface area contributed by atoms with Gasteiger partial charge < -0.3 is 0 Å². The summed E-state index contributed by atoms with van der Waals surface area (Å²) in [5, 5.41) is 0. The van der Waals surface area contributed by atoms with Gasteiger partial charge in [0.15, 0.2) is 0 Å². The Morgan fingerprint density at radius 2 is 0.750 bits per heavy atom. The molecule has 0 aliphatic heterocycles. The number of rotatable bonds is 0. The third-order valence-corrected chi connectivity index (χ3v) is 0. The maximum atomic E-state index is 0. The van der Waals surface area contributed by atoms with Crippen molar-refractivity contribution >= 4 is 30.6 Å². The van der Waals surface area contributed by atoms with Crippen LogP contribution >= 0.6 is 13.5 Å². The average molecular weight is 340 g/mol. The van der Waals surface area contributed by atoms with Crippen LogP contribution in [0.25, 0.3) is 0 Å². The van der Waals surface area contributed by atoms with Gasteiger partial charge >= 0.3 is 17.1 Å². The van der Waals surface area contributed by atoms with Crippen molar-refractivity contribution in [2.75, 3.05) is 0 Å². The molecule has 0 amide bonds. The van der Waals surface area contributed by atoms with E-state index in [1.54, 1.807) is 0 Å². The second-order valence-electron chi connectivity index (χ2n) is 0. The van der Waals surface area contributed by atoms with Gasteiger partial charge in [-0.05, 0) is 0 Å². The molecular formula is H4Cd2SSe. The first kappa shape index (κ1) is 29.8. The molecule has 0 saturated heterocycles. The van der Waals surface area contributed by atoms with Crippen molar-refractivity contribution in [3.8, 4) is 0 Å². The summed E-state index contributed by atoms with van der Waals surface area (Å²) in [6, 6.07) is 0. The molecule has 0 unspecified atom stereocenters. The Hall–Kier alpha value is 2.71. The summed E-state index contributed by atoms with van der Waals surface area (Å²) in [4.78, 5) is 0. The molecule has 0 aromatic rings. The summed E-state index contributed by atoms with van der Waals surface area (Å²) in [5.41, 5.74) is 0. The van der Waals surface area contributed by atoms with Crippen molar-refractivity contribution < 1.29 is 54.6 Å². The Balaban J connectivity index is 0. The van der Waals surface area contributed by atoms with Crippen molar-refractivity contribution in [3.05, 3.63) is 0 Å². The van der Waals surface area contributed by atoms with E-state index in [9.17, 15) is 0 Å². The Morgan fingerprint density at radius 3 is 0.750 bits per heavy atom. The SMILES string of the molecule is S.[Cd].[Cd].[SeH2]. The van der Waals surface area contributed by atoms with Crippen LogP contribution in [0, 0.1) is 0 Å². The molecule has 0 rings (SSSR count). The summed E-state index contributed by atoms with van der Waals surface area (Å²) in [5.74, 6) is 0. The Morgan fingerprint density at radius 1 is 0.750 bits per heavy atom. The minimum atomic E-state index is 0. The molecule has 20 valence electrons. The van der Waals surface area contributed by atoms with E-state index in [1.807, 2.05) is 0 Å². The molecule has 0 heterocycles. The van der Waals surface area contributed by atoms with E-state index in [0.29, 0.717) is 0 Å². The van der Waals surface area contributed by atoms with Gasteiger partial charge in [0.2, 0.25) is 0 Å². The fourth-order valence-electron chi connectivity index (χ4n) is 0. The standard InChI is InChI=1S/2Cd.H2S.H2Se/h;;2*1H2. The van der Waals surface area contributed by atoms with Crippen molar-refractivity contribution in [2.24, 2.45) is 0 Å². The first-order chi connectivity index (χ1) is 0. The zero-order chi connectivity index (χ0) is 0. The van der Waals surface area contributed by atoms with Crippen molar-refractivity contribution in [1.29, 1.82) is 0 Å². The van der Waals surface area contributed by atoms with Crippen molar-refractivity contribution in [1.82, 2.24) is 0 Å². The second-order valence-corrected chi connectivity index (χ2v) is 0. The maximum absolute atomic E-state index is 0. The van der Waals surface area contributed by atoms with Crippen LogP contribution in [-0.4, -0.2) is 17.1 Å². The van der Waals surface area contributed by atoms with Crippen LogP contribution in [0.2, 0.25) is 0 Å². The van der Waals surface area contributed by atoms with Crippen LogP contribution in [0.3, 0.4) is 0 Å². The van der Waals surface area contributed by atoms with Crippen molar-refractivity contribution in [2.45, 2.75) is 0 Å². The van der Waals surface area contributed by atoms with Crippen LogP contribution in [0.4, 0.5) is 0 Å². The van der Waals surface area contributed by atoms with Crippen LogP contribution in [-0.2, 0) is 54.6 Å². The molecule has 0 aliphatic carbocycles. The average Bonchev–Trinajstić information content (AvgIpc) is 0. The topological polar surface area (TPSA) is 0 Å². The molecule has 0 saturated carbocycles. The van der Waals surface area contributed by atoms with Gasteiger partial charge in [0.25, 0.3) is 0 Å². The van der Waals surface area contributed by atoms with Crippen LogP contribution in [0.1, 0.15) is 0 Å². The summed E-state index contributed by atoms with van der Waals surface area (Å²) in [6.07, 6.45) is 0. The van der Waals surface area contributed by atoms with Gasteiger partial charge in [-0.1, -0.05) is 0 Å². The van der Waals surface area contributed by atoms with Crippen molar-refractivity contribution in [3.63, 3.8) is 0 Å². The summed E-state index contributed by atoms with van der Waals surface area (Å²) < 4.78 is 0. The van der Waals surface area contributed by atoms with E-state index >= 15 is 0 Å². The van der Waals surface area contributed by atoms with Crippen LogP contribution in [0.5, 0.6) is 0 Å². The Bertz CT molecular complexity index is 6.00. The predicted octanol–water partition coefficient (Wildman–Crippen LogP) is -0.808. The molecule has 4 heavy (non-hydrogen) atoms. The number of hydrogen-bond acceptors (Lipinski definition) is 0. The molecule has 0 aliphatic rings. The molecule has 4 heteroatoms. The Labute approximate surface area is 83.7 Å². The van der Waals surface area contributed by atoms with Gasteiger partial charge in [0.05, 0.1) is 0 Å². The molecule has 0 N–H and O–H groups in total. The van der Waals surface area contributed by atoms with Gasteiger partial charge in [-0.15, -0.1) is 0 Å². The zero-order valence-corrected chi connectivity index (χ0v) is 13.6. The van der Waals surface area contributed by atoms with Crippen LogP contribution < -0.4 is 0 Å². The molecule has 0 radical (unpaired) electrons. The minimum absolute atomic E-state index is 0. The first-order valence-electron chi connectivity index (χ1n) is 0. The van der Waals surface area contributed by atoms with E-state index in [4.69, 9.17) is 0 Å².